The maximum Gasteiger partial charge on any atom is 1.00 e. The van der Waals surface area contributed by atoms with Crippen LogP contribution in [0.5, 0.6) is 0 Å². The van der Waals surface area contributed by atoms with Crippen LogP contribution < -0.4 is 51.4 Å². The summed E-state index contributed by atoms with van der Waals surface area (Å²) < 4.78 is 6.83. The van der Waals surface area contributed by atoms with Crippen molar-refractivity contribution in [1.82, 2.24) is 0 Å². The molecule has 13 heavy (non-hydrogen) atoms. The summed E-state index contributed by atoms with van der Waals surface area (Å²) in [6.45, 7) is 10.6. The molecule has 0 spiro atoms. The maximum atomic E-state index is 6.83. The zero-order valence-electron chi connectivity index (χ0n) is 12.3. The van der Waals surface area contributed by atoms with E-state index >= 15 is 0 Å². The molecule has 0 aliphatic carbocycles. The summed E-state index contributed by atoms with van der Waals surface area (Å²) in [5.74, 6) is 0.898. The quantitative estimate of drug-likeness (QED) is 0.499. The van der Waals surface area contributed by atoms with Crippen LogP contribution >= 0.6 is 0 Å². The molecule has 0 amide bonds. The van der Waals surface area contributed by atoms with E-state index in [0.717, 1.165) is 12.3 Å². The van der Waals surface area contributed by atoms with E-state index < -0.39 is 0 Å². The van der Waals surface area contributed by atoms with E-state index in [0.29, 0.717) is 0 Å². The standard InChI is InChI=1S/C6H14.C4H10.2CH3.K/c1-4-5-6(2)3;1-3-4-2;;;/h6H,4-5H2,1-3H3;3-4H2,1-2H3;2*1H3;/q;;2*-1;+1/i;3D;;;. The summed E-state index contributed by atoms with van der Waals surface area (Å²) in [5.41, 5.74) is 0. The second-order valence-corrected chi connectivity index (χ2v) is 3.00. The molecule has 80 valence electrons. The molecule has 0 aliphatic heterocycles. The molecule has 0 N–H and O–H groups in total. The zero-order valence-corrected chi connectivity index (χ0v) is 14.4. The van der Waals surface area contributed by atoms with Gasteiger partial charge >= 0.3 is 51.4 Å². The fourth-order valence-corrected chi connectivity index (χ4v) is 0.577. The zero-order chi connectivity index (χ0) is 9.28. The third-order valence-corrected chi connectivity index (χ3v) is 1.27. The molecule has 0 nitrogen and oxygen atoms in total. The van der Waals surface area contributed by atoms with Crippen molar-refractivity contribution >= 4 is 0 Å². The van der Waals surface area contributed by atoms with Gasteiger partial charge in [-0.2, -0.15) is 0 Å². The first kappa shape index (κ1) is 24.1. The predicted molar refractivity (Wildman–Crippen MR) is 63.2 cm³/mol. The Morgan fingerprint density at radius 1 is 1.00 bits per heavy atom. The van der Waals surface area contributed by atoms with Crippen molar-refractivity contribution in [2.45, 2.75) is 60.3 Å². The van der Waals surface area contributed by atoms with Gasteiger partial charge in [0.15, 0.2) is 0 Å². The molecule has 0 bridgehead atoms. The molecule has 0 aliphatic rings. The van der Waals surface area contributed by atoms with Crippen molar-refractivity contribution in [2.75, 3.05) is 0 Å². The maximum absolute atomic E-state index is 6.83. The molecule has 0 saturated heterocycles. The Kier molecular flexibility index (Phi) is 54.0. The third-order valence-electron chi connectivity index (χ3n) is 1.27. The Morgan fingerprint density at radius 2 is 1.31 bits per heavy atom. The van der Waals surface area contributed by atoms with Gasteiger partial charge in [-0.3, -0.25) is 0 Å². The van der Waals surface area contributed by atoms with Crippen LogP contribution in [0.2, 0.25) is 0 Å². The van der Waals surface area contributed by atoms with Crippen LogP contribution in [-0.2, 0) is 0 Å². The van der Waals surface area contributed by atoms with Gasteiger partial charge in [-0.05, 0) is 5.92 Å². The van der Waals surface area contributed by atoms with Gasteiger partial charge in [-0.1, -0.05) is 60.3 Å². The number of hydrogen-bond donors (Lipinski definition) is 0. The van der Waals surface area contributed by atoms with Crippen LogP contribution in [0.4, 0.5) is 0 Å². The molecule has 0 heterocycles. The topological polar surface area (TPSA) is 0 Å². The monoisotopic (exact) mass is 214 g/mol. The third kappa shape index (κ3) is 58.1. The van der Waals surface area contributed by atoms with Gasteiger partial charge in [0.2, 0.25) is 0 Å². The molecule has 0 rings (SSSR count). The molecule has 0 aromatic rings. The largest absolute Gasteiger partial charge is 1.00 e. The molecule has 0 fully saturated rings. The average Bonchev–Trinajstić information content (AvgIpc) is 1.89. The van der Waals surface area contributed by atoms with E-state index in [1.807, 2.05) is 13.8 Å². The predicted octanol–water partition coefficient (Wildman–Crippen LogP) is 2.15. The number of rotatable bonds is 3. The second kappa shape index (κ2) is 29.2. The Morgan fingerprint density at radius 3 is 1.31 bits per heavy atom. The summed E-state index contributed by atoms with van der Waals surface area (Å²) in [5, 5.41) is 0. The Balaban J connectivity index is -0.0000000321. The molecule has 1 atom stereocenters. The van der Waals surface area contributed by atoms with Crippen LogP contribution in [0, 0.1) is 20.8 Å². The average molecular weight is 214 g/mol. The first-order valence-corrected chi connectivity index (χ1v) is 4.46. The molecule has 0 aromatic carbocycles. The Bertz CT molecular complexity index is 63.3. The van der Waals surface area contributed by atoms with E-state index in [4.69, 9.17) is 1.37 Å². The van der Waals surface area contributed by atoms with E-state index in [1.54, 1.807) is 0 Å². The molecule has 1 heteroatoms. The van der Waals surface area contributed by atoms with Crippen molar-refractivity contribution in [2.24, 2.45) is 5.92 Å². The van der Waals surface area contributed by atoms with Gasteiger partial charge in [-0.25, -0.2) is 0 Å². The fourth-order valence-electron chi connectivity index (χ4n) is 0.577. The SMILES string of the molecule is CCCC(C)C.[2H]C(C)CC.[CH3-].[CH3-].[K+]. The van der Waals surface area contributed by atoms with Gasteiger partial charge in [0.1, 0.15) is 0 Å². The van der Waals surface area contributed by atoms with Crippen LogP contribution in [0.15, 0.2) is 0 Å². The van der Waals surface area contributed by atoms with Gasteiger partial charge in [0.25, 0.3) is 0 Å². The van der Waals surface area contributed by atoms with Gasteiger partial charge in [0.05, 0.1) is 0 Å². The minimum atomic E-state index is 0. The van der Waals surface area contributed by atoms with Crippen molar-refractivity contribution in [1.29, 1.82) is 0 Å². The molecular formula is C12H30K-. The molecule has 0 aromatic heterocycles. The first-order chi connectivity index (χ1) is 5.04. The minimum absolute atomic E-state index is 0. The first-order valence-electron chi connectivity index (χ1n) is 5.04. The normalized spacial score (nSPS) is 10.5. The minimum Gasteiger partial charge on any atom is -0.358 e. The molecular weight excluding hydrogens is 183 g/mol. The summed E-state index contributed by atoms with van der Waals surface area (Å²) >= 11 is 0. The summed E-state index contributed by atoms with van der Waals surface area (Å²) in [7, 11) is 0. The fraction of sp³-hybridized carbons (Fsp3) is 0.833. The van der Waals surface area contributed by atoms with E-state index in [9.17, 15) is 0 Å². The second-order valence-electron chi connectivity index (χ2n) is 3.00. The van der Waals surface area contributed by atoms with Crippen LogP contribution in [0.25, 0.3) is 0 Å². The van der Waals surface area contributed by atoms with Crippen LogP contribution in [-0.4, -0.2) is 0 Å². The van der Waals surface area contributed by atoms with Crippen molar-refractivity contribution in [3.8, 4) is 0 Å². The van der Waals surface area contributed by atoms with Gasteiger partial charge in [0, 0.05) is 1.37 Å². The Hall–Kier alpha value is 1.64. The van der Waals surface area contributed by atoms with Gasteiger partial charge in [-0.15, -0.1) is 0 Å². The molecule has 1 unspecified atom stereocenters. The van der Waals surface area contributed by atoms with E-state index in [-0.39, 0.29) is 72.6 Å². The van der Waals surface area contributed by atoms with Crippen LogP contribution in [0.3, 0.4) is 0 Å². The Labute approximate surface area is 132 Å². The van der Waals surface area contributed by atoms with Crippen LogP contribution in [0.1, 0.15) is 61.6 Å². The van der Waals surface area contributed by atoms with Gasteiger partial charge < -0.3 is 14.9 Å². The smallest absolute Gasteiger partial charge is 0.358 e. The summed E-state index contributed by atoms with van der Waals surface area (Å²) in [6.07, 6.45) is 3.81. The van der Waals surface area contributed by atoms with Crippen molar-refractivity contribution < 1.29 is 52.8 Å². The number of hydrogen-bond acceptors (Lipinski definition) is 0. The molecule has 0 radical (unpaired) electrons. The summed E-state index contributed by atoms with van der Waals surface area (Å²) in [6, 6.07) is 0. The van der Waals surface area contributed by atoms with E-state index in [1.165, 1.54) is 12.8 Å². The van der Waals surface area contributed by atoms with E-state index in [2.05, 4.69) is 20.8 Å². The van der Waals surface area contributed by atoms with Crippen molar-refractivity contribution in [3.05, 3.63) is 14.9 Å². The molecule has 0 saturated carbocycles. The van der Waals surface area contributed by atoms with Crippen molar-refractivity contribution in [3.63, 3.8) is 0 Å². The summed E-state index contributed by atoms with van der Waals surface area (Å²) in [4.78, 5) is 0.